The van der Waals surface area contributed by atoms with Crippen molar-refractivity contribution >= 4 is 23.8 Å². The van der Waals surface area contributed by atoms with Crippen molar-refractivity contribution in [2.45, 2.75) is 115 Å². The van der Waals surface area contributed by atoms with Crippen molar-refractivity contribution in [2.75, 3.05) is 67.1 Å². The minimum Gasteiger partial charge on any atom is -0.481 e. The summed E-state index contributed by atoms with van der Waals surface area (Å²) in [5.41, 5.74) is 0. The van der Waals surface area contributed by atoms with Gasteiger partial charge in [-0.2, -0.15) is 0 Å². The van der Waals surface area contributed by atoms with E-state index in [2.05, 4.69) is 24.1 Å². The van der Waals surface area contributed by atoms with Gasteiger partial charge < -0.3 is 34.8 Å². The minimum atomic E-state index is -0.923. The number of ether oxygens (including phenoxy) is 2. The molecule has 0 radical (unpaired) electrons. The quantitative estimate of drug-likeness (QED) is 0.123. The van der Waals surface area contributed by atoms with E-state index in [-0.39, 0.29) is 80.2 Å². The number of esters is 2. The third kappa shape index (κ3) is 47.5. The van der Waals surface area contributed by atoms with Crippen LogP contribution < -0.4 is 5.32 Å². The average molecular weight is 614 g/mol. The fourth-order valence-corrected chi connectivity index (χ4v) is 2.90. The Labute approximate surface area is 259 Å². The number of carbonyl (C=O) groups is 4. The molecule has 0 heterocycles. The molecule has 0 fully saturated rings. The first-order chi connectivity index (χ1) is 18.1. The van der Waals surface area contributed by atoms with Crippen LogP contribution in [-0.2, 0) is 28.7 Å². The summed E-state index contributed by atoms with van der Waals surface area (Å²) in [4.78, 5) is 47.6. The van der Waals surface area contributed by atoms with Crippen LogP contribution in [0.1, 0.15) is 115 Å². The van der Waals surface area contributed by atoms with Gasteiger partial charge in [-0.15, -0.1) is 0 Å². The van der Waals surface area contributed by atoms with Gasteiger partial charge in [-0.25, -0.2) is 0 Å². The number of aliphatic hydroxyl groups excluding tert-OH is 1. The molecule has 0 aliphatic rings. The maximum Gasteiger partial charge on any atom is 0.307 e. The second-order valence-corrected chi connectivity index (χ2v) is 8.84. The standard InChI is InChI=1S/C15H29NO5.C8H15NO3.C4H11N.4CH4/c1-3-9-16(2)10-8-15(19)21-13-12-20-14(18)7-5-4-6-11-17;1-3-6-9(2)7(10)4-5-8(11)12;1-3-4-5-2;;;;/h17H,3-13H2,1-2H3;3-6H2,1-2H3,(H,11,12);5H,3-4H2,1-2H3;4*1H4. The molecule has 0 aromatic heterocycles. The van der Waals surface area contributed by atoms with Crippen LogP contribution in [0, 0.1) is 0 Å². The molecule has 0 aliphatic heterocycles. The fourth-order valence-electron chi connectivity index (χ4n) is 2.90. The van der Waals surface area contributed by atoms with Crippen molar-refractivity contribution in [1.82, 2.24) is 15.1 Å². The van der Waals surface area contributed by atoms with E-state index in [0.29, 0.717) is 38.8 Å². The first-order valence-corrected chi connectivity index (χ1v) is 13.8. The van der Waals surface area contributed by atoms with Crippen molar-refractivity contribution < 1.29 is 38.9 Å². The van der Waals surface area contributed by atoms with Gasteiger partial charge in [0.1, 0.15) is 13.2 Å². The molecule has 0 aromatic carbocycles. The van der Waals surface area contributed by atoms with E-state index in [1.807, 2.05) is 21.0 Å². The summed E-state index contributed by atoms with van der Waals surface area (Å²) in [6, 6.07) is 0. The van der Waals surface area contributed by atoms with Gasteiger partial charge >= 0.3 is 17.9 Å². The summed E-state index contributed by atoms with van der Waals surface area (Å²) in [5, 5.41) is 19.9. The van der Waals surface area contributed by atoms with E-state index < -0.39 is 5.97 Å². The summed E-state index contributed by atoms with van der Waals surface area (Å²) in [6.07, 6.45) is 6.14. The lowest BCUT2D eigenvalue weighted by Gasteiger charge is -2.14. The number of amides is 1. The molecule has 0 saturated heterocycles. The number of carboxylic acids is 1. The Hall–Kier alpha value is -2.24. The summed E-state index contributed by atoms with van der Waals surface area (Å²) in [7, 11) is 5.62. The first-order valence-electron chi connectivity index (χ1n) is 13.8. The predicted molar refractivity (Wildman–Crippen MR) is 176 cm³/mol. The highest BCUT2D eigenvalue weighted by Gasteiger charge is 2.09. The SMILES string of the molecule is C.C.C.C.CCCN(C)C(=O)CCC(=O)O.CCCN(C)CCC(=O)OCCOC(=O)CCCCCO.CCCNC. The predicted octanol–water partition coefficient (Wildman–Crippen LogP) is 5.24. The molecule has 0 atom stereocenters. The molecule has 3 N–H and O–H groups in total. The van der Waals surface area contributed by atoms with E-state index >= 15 is 0 Å². The molecule has 0 unspecified atom stereocenters. The summed E-state index contributed by atoms with van der Waals surface area (Å²) < 4.78 is 9.94. The molecule has 0 bridgehead atoms. The van der Waals surface area contributed by atoms with Gasteiger partial charge in [-0.1, -0.05) is 56.9 Å². The van der Waals surface area contributed by atoms with E-state index in [1.165, 1.54) is 6.42 Å². The van der Waals surface area contributed by atoms with Gasteiger partial charge in [0.2, 0.25) is 5.91 Å². The molecule has 258 valence electrons. The zero-order valence-electron chi connectivity index (χ0n) is 24.8. The lowest BCUT2D eigenvalue weighted by Crippen LogP contribution is -2.27. The largest absolute Gasteiger partial charge is 0.481 e. The maximum atomic E-state index is 11.4. The third-order valence-electron chi connectivity index (χ3n) is 4.99. The van der Waals surface area contributed by atoms with Gasteiger partial charge in [0.05, 0.1) is 12.8 Å². The van der Waals surface area contributed by atoms with E-state index in [9.17, 15) is 19.2 Å². The van der Waals surface area contributed by atoms with Crippen LogP contribution in [-0.4, -0.2) is 111 Å². The Bertz CT molecular complexity index is 591. The molecule has 0 spiro atoms. The monoisotopic (exact) mass is 614 g/mol. The Morgan fingerprint density at radius 3 is 1.62 bits per heavy atom. The molecular weight excluding hydrogens is 542 g/mol. The minimum absolute atomic E-state index is 0. The van der Waals surface area contributed by atoms with Crippen LogP contribution in [0.15, 0.2) is 0 Å². The second kappa shape index (κ2) is 43.2. The van der Waals surface area contributed by atoms with Crippen LogP contribution in [0.5, 0.6) is 0 Å². The number of carboxylic acid groups (broad SMARTS) is 1. The smallest absolute Gasteiger partial charge is 0.307 e. The summed E-state index contributed by atoms with van der Waals surface area (Å²) >= 11 is 0. The molecule has 42 heavy (non-hydrogen) atoms. The van der Waals surface area contributed by atoms with Gasteiger partial charge in [0.15, 0.2) is 0 Å². The number of hydrogen-bond donors (Lipinski definition) is 3. The number of nitrogens with zero attached hydrogens (tertiary/aromatic N) is 2. The zero-order chi connectivity index (χ0) is 29.6. The molecule has 0 aliphatic carbocycles. The Morgan fingerprint density at radius 2 is 1.21 bits per heavy atom. The van der Waals surface area contributed by atoms with Gasteiger partial charge in [0.25, 0.3) is 0 Å². The fraction of sp³-hybridized carbons (Fsp3) is 0.871. The highest BCUT2D eigenvalue weighted by atomic mass is 16.6. The highest BCUT2D eigenvalue weighted by molar-refractivity contribution is 5.80. The second-order valence-electron chi connectivity index (χ2n) is 8.84. The molecule has 0 aromatic rings. The third-order valence-corrected chi connectivity index (χ3v) is 4.99. The van der Waals surface area contributed by atoms with Crippen molar-refractivity contribution in [2.24, 2.45) is 0 Å². The van der Waals surface area contributed by atoms with Crippen LogP contribution in [0.3, 0.4) is 0 Å². The Morgan fingerprint density at radius 1 is 0.690 bits per heavy atom. The van der Waals surface area contributed by atoms with Crippen molar-refractivity contribution in [3.8, 4) is 0 Å². The van der Waals surface area contributed by atoms with Crippen LogP contribution in [0.4, 0.5) is 0 Å². The number of rotatable bonds is 20. The van der Waals surface area contributed by atoms with Gasteiger partial charge in [0, 0.05) is 39.6 Å². The number of hydrogen-bond acceptors (Lipinski definition) is 9. The molecule has 0 rings (SSSR count). The van der Waals surface area contributed by atoms with Crippen LogP contribution in [0.2, 0.25) is 0 Å². The van der Waals surface area contributed by atoms with E-state index in [1.54, 1.807) is 11.9 Å². The molecule has 0 saturated carbocycles. The Balaban J connectivity index is -0.0000000999. The number of aliphatic carboxylic acids is 1. The van der Waals surface area contributed by atoms with Crippen molar-refractivity contribution in [3.63, 3.8) is 0 Å². The van der Waals surface area contributed by atoms with Gasteiger partial charge in [-0.3, -0.25) is 19.2 Å². The van der Waals surface area contributed by atoms with Gasteiger partial charge in [-0.05, 0) is 59.3 Å². The topological polar surface area (TPSA) is 146 Å². The molecular formula is C31H71N3O8. The lowest BCUT2D eigenvalue weighted by molar-refractivity contribution is -0.152. The lowest BCUT2D eigenvalue weighted by atomic mass is 10.2. The first kappa shape index (κ1) is 55.7. The number of nitrogens with one attached hydrogen (secondary N) is 1. The molecule has 11 heteroatoms. The summed E-state index contributed by atoms with van der Waals surface area (Å²) in [5.74, 6) is -1.57. The number of unbranched alkanes of at least 4 members (excludes halogenated alkanes) is 2. The number of aliphatic hydroxyl groups is 1. The van der Waals surface area contributed by atoms with E-state index in [0.717, 1.165) is 32.4 Å². The van der Waals surface area contributed by atoms with Crippen molar-refractivity contribution in [3.05, 3.63) is 0 Å². The van der Waals surface area contributed by atoms with Crippen molar-refractivity contribution in [1.29, 1.82) is 0 Å². The van der Waals surface area contributed by atoms with Crippen LogP contribution in [0.25, 0.3) is 0 Å². The summed E-state index contributed by atoms with van der Waals surface area (Å²) in [6.45, 7) is 10.0. The number of carbonyl (C=O) groups excluding carboxylic acids is 3. The van der Waals surface area contributed by atoms with Crippen LogP contribution >= 0.6 is 0 Å². The van der Waals surface area contributed by atoms with E-state index in [4.69, 9.17) is 19.7 Å². The molecule has 11 nitrogen and oxygen atoms in total. The highest BCUT2D eigenvalue weighted by Crippen LogP contribution is 2.01. The zero-order valence-corrected chi connectivity index (χ0v) is 24.8. The average Bonchev–Trinajstić information content (AvgIpc) is 2.88. The maximum absolute atomic E-state index is 11.4. The Kier molecular flexibility index (Phi) is 57.3. The molecule has 1 amide bonds. The normalized spacial score (nSPS) is 9.05.